The van der Waals surface area contributed by atoms with Gasteiger partial charge < -0.3 is 5.32 Å². The maximum absolute atomic E-state index is 3.31. The first-order valence-corrected chi connectivity index (χ1v) is 6.89. The molecule has 2 rings (SSSR count). The second kappa shape index (κ2) is 6.72. The van der Waals surface area contributed by atoms with Crippen molar-refractivity contribution in [1.29, 1.82) is 0 Å². The molecule has 2 nitrogen and oxygen atoms in total. The largest absolute Gasteiger partial charge is 0.317 e. The van der Waals surface area contributed by atoms with E-state index in [1.807, 2.05) is 7.05 Å². The summed E-state index contributed by atoms with van der Waals surface area (Å²) in [6.07, 6.45) is 4.83. The van der Waals surface area contributed by atoms with Crippen molar-refractivity contribution < 1.29 is 0 Å². The Morgan fingerprint density at radius 2 is 2.06 bits per heavy atom. The number of rotatable bonds is 5. The van der Waals surface area contributed by atoms with Gasteiger partial charge in [0, 0.05) is 25.7 Å². The Balaban J connectivity index is 1.82. The molecule has 1 atom stereocenters. The van der Waals surface area contributed by atoms with Crippen LogP contribution >= 0.6 is 0 Å². The molecule has 0 aromatic heterocycles. The zero-order chi connectivity index (χ0) is 12.8. The zero-order valence-electron chi connectivity index (χ0n) is 11.5. The van der Waals surface area contributed by atoms with Crippen LogP contribution in [0.4, 0.5) is 0 Å². The smallest absolute Gasteiger partial charge is 0.0237 e. The molecule has 1 unspecified atom stereocenters. The molecule has 1 N–H and O–H groups in total. The normalized spacial score (nSPS) is 18.4. The molecule has 98 valence electrons. The maximum atomic E-state index is 3.31. The van der Waals surface area contributed by atoms with Crippen molar-refractivity contribution in [3.8, 4) is 0 Å². The minimum atomic E-state index is 0.594. The fraction of sp³-hybridized carbons (Fsp3) is 0.500. The topological polar surface area (TPSA) is 15.3 Å². The standard InChI is InChI=1S/C16H24N2/c1-14(17-2)12-15-8-10-18(11-9-15)13-16-6-4-3-5-7-16/h3-8,14,17H,9-13H2,1-2H3. The van der Waals surface area contributed by atoms with Crippen molar-refractivity contribution in [2.45, 2.75) is 32.4 Å². The summed E-state index contributed by atoms with van der Waals surface area (Å²) in [5, 5.41) is 3.31. The van der Waals surface area contributed by atoms with E-state index in [0.717, 1.165) is 13.1 Å². The maximum Gasteiger partial charge on any atom is 0.0237 e. The molecule has 0 fully saturated rings. The van der Waals surface area contributed by atoms with Crippen molar-refractivity contribution >= 4 is 0 Å². The SMILES string of the molecule is CNC(C)CC1=CCN(Cc2ccccc2)CC1. The molecule has 0 spiro atoms. The van der Waals surface area contributed by atoms with Crippen LogP contribution in [0.2, 0.25) is 0 Å². The predicted molar refractivity (Wildman–Crippen MR) is 77.6 cm³/mol. The van der Waals surface area contributed by atoms with Crippen molar-refractivity contribution in [1.82, 2.24) is 10.2 Å². The van der Waals surface area contributed by atoms with Crippen LogP contribution in [0, 0.1) is 0 Å². The first-order valence-electron chi connectivity index (χ1n) is 6.89. The lowest BCUT2D eigenvalue weighted by molar-refractivity contribution is 0.283. The molecule has 18 heavy (non-hydrogen) atoms. The second-order valence-electron chi connectivity index (χ2n) is 5.23. The van der Waals surface area contributed by atoms with Gasteiger partial charge in [-0.15, -0.1) is 0 Å². The number of nitrogens with one attached hydrogen (secondary N) is 1. The molecule has 0 radical (unpaired) electrons. The van der Waals surface area contributed by atoms with Crippen LogP contribution in [0.25, 0.3) is 0 Å². The monoisotopic (exact) mass is 244 g/mol. The van der Waals surface area contributed by atoms with E-state index in [0.29, 0.717) is 6.04 Å². The van der Waals surface area contributed by atoms with Crippen LogP contribution in [0.15, 0.2) is 42.0 Å². The molecule has 1 aliphatic rings. The molecule has 1 heterocycles. The molecular weight excluding hydrogens is 220 g/mol. The Hall–Kier alpha value is -1.12. The minimum Gasteiger partial charge on any atom is -0.317 e. The van der Waals surface area contributed by atoms with Crippen LogP contribution in [-0.2, 0) is 6.54 Å². The summed E-state index contributed by atoms with van der Waals surface area (Å²) in [7, 11) is 2.04. The summed E-state index contributed by atoms with van der Waals surface area (Å²) in [6, 6.07) is 11.3. The molecule has 0 saturated carbocycles. The number of hydrogen-bond donors (Lipinski definition) is 1. The Kier molecular flexibility index (Phi) is 4.97. The van der Waals surface area contributed by atoms with E-state index in [2.05, 4.69) is 53.5 Å². The third-order valence-corrected chi connectivity index (χ3v) is 3.70. The van der Waals surface area contributed by atoms with E-state index in [-0.39, 0.29) is 0 Å². The third-order valence-electron chi connectivity index (χ3n) is 3.70. The van der Waals surface area contributed by atoms with Crippen LogP contribution in [0.5, 0.6) is 0 Å². The Morgan fingerprint density at radius 3 is 2.67 bits per heavy atom. The van der Waals surface area contributed by atoms with Gasteiger partial charge in [-0.3, -0.25) is 4.90 Å². The number of nitrogens with zero attached hydrogens (tertiary/aromatic N) is 1. The fourth-order valence-electron chi connectivity index (χ4n) is 2.42. The fourth-order valence-corrected chi connectivity index (χ4v) is 2.42. The minimum absolute atomic E-state index is 0.594. The predicted octanol–water partition coefficient (Wildman–Crippen LogP) is 2.82. The highest BCUT2D eigenvalue weighted by molar-refractivity contribution is 5.16. The van der Waals surface area contributed by atoms with E-state index >= 15 is 0 Å². The zero-order valence-corrected chi connectivity index (χ0v) is 11.5. The average molecular weight is 244 g/mol. The number of benzene rings is 1. The summed E-state index contributed by atoms with van der Waals surface area (Å²) in [4.78, 5) is 2.52. The van der Waals surface area contributed by atoms with Crippen molar-refractivity contribution in [3.05, 3.63) is 47.5 Å². The molecule has 1 aliphatic heterocycles. The average Bonchev–Trinajstić information content (AvgIpc) is 2.42. The first-order chi connectivity index (χ1) is 8.78. The lowest BCUT2D eigenvalue weighted by Crippen LogP contribution is -2.30. The Labute approximate surface area is 111 Å². The summed E-state index contributed by atoms with van der Waals surface area (Å²) >= 11 is 0. The molecule has 0 bridgehead atoms. The van der Waals surface area contributed by atoms with Crippen molar-refractivity contribution in [3.63, 3.8) is 0 Å². The lowest BCUT2D eigenvalue weighted by atomic mass is 10.0. The highest BCUT2D eigenvalue weighted by Crippen LogP contribution is 2.17. The van der Waals surface area contributed by atoms with Gasteiger partial charge in [0.05, 0.1) is 0 Å². The van der Waals surface area contributed by atoms with Gasteiger partial charge in [-0.05, 0) is 32.4 Å². The molecule has 0 saturated heterocycles. The van der Waals surface area contributed by atoms with Crippen LogP contribution < -0.4 is 5.32 Å². The lowest BCUT2D eigenvalue weighted by Gasteiger charge is -2.27. The van der Waals surface area contributed by atoms with Crippen LogP contribution in [0.3, 0.4) is 0 Å². The molecule has 1 aromatic carbocycles. The van der Waals surface area contributed by atoms with Gasteiger partial charge in [-0.25, -0.2) is 0 Å². The van der Waals surface area contributed by atoms with Gasteiger partial charge in [0.1, 0.15) is 0 Å². The van der Waals surface area contributed by atoms with Crippen molar-refractivity contribution in [2.75, 3.05) is 20.1 Å². The highest BCUT2D eigenvalue weighted by atomic mass is 15.1. The summed E-state index contributed by atoms with van der Waals surface area (Å²) in [5.74, 6) is 0. The summed E-state index contributed by atoms with van der Waals surface area (Å²) in [6.45, 7) is 5.61. The van der Waals surface area contributed by atoms with Gasteiger partial charge in [0.15, 0.2) is 0 Å². The Morgan fingerprint density at radius 1 is 1.28 bits per heavy atom. The van der Waals surface area contributed by atoms with Gasteiger partial charge >= 0.3 is 0 Å². The van der Waals surface area contributed by atoms with E-state index in [1.54, 1.807) is 5.57 Å². The van der Waals surface area contributed by atoms with E-state index in [9.17, 15) is 0 Å². The van der Waals surface area contributed by atoms with Crippen LogP contribution in [0.1, 0.15) is 25.3 Å². The van der Waals surface area contributed by atoms with Gasteiger partial charge in [0.25, 0.3) is 0 Å². The second-order valence-corrected chi connectivity index (χ2v) is 5.23. The third kappa shape index (κ3) is 3.97. The molecule has 2 heteroatoms. The molecule has 1 aromatic rings. The summed E-state index contributed by atoms with van der Waals surface area (Å²) in [5.41, 5.74) is 3.03. The molecule has 0 amide bonds. The first kappa shape index (κ1) is 13.3. The Bertz CT molecular complexity index is 383. The van der Waals surface area contributed by atoms with E-state index in [4.69, 9.17) is 0 Å². The van der Waals surface area contributed by atoms with Gasteiger partial charge in [0.2, 0.25) is 0 Å². The van der Waals surface area contributed by atoms with Crippen molar-refractivity contribution in [2.24, 2.45) is 0 Å². The van der Waals surface area contributed by atoms with Gasteiger partial charge in [-0.2, -0.15) is 0 Å². The molecule has 0 aliphatic carbocycles. The van der Waals surface area contributed by atoms with Gasteiger partial charge in [-0.1, -0.05) is 42.0 Å². The van der Waals surface area contributed by atoms with E-state index < -0.39 is 0 Å². The highest BCUT2D eigenvalue weighted by Gasteiger charge is 2.13. The number of hydrogen-bond acceptors (Lipinski definition) is 2. The van der Waals surface area contributed by atoms with E-state index in [1.165, 1.54) is 24.9 Å². The quantitative estimate of drug-likeness (QED) is 0.801. The van der Waals surface area contributed by atoms with Crippen LogP contribution in [-0.4, -0.2) is 31.1 Å². The molecular formula is C16H24N2. The summed E-state index contributed by atoms with van der Waals surface area (Å²) < 4.78 is 0.